The summed E-state index contributed by atoms with van der Waals surface area (Å²) in [6.07, 6.45) is 1.80. The van der Waals surface area contributed by atoms with E-state index in [2.05, 4.69) is 17.1 Å². The normalized spacial score (nSPS) is 31.2. The molecule has 2 rings (SSSR count). The first-order valence-corrected chi connectivity index (χ1v) is 8.01. The second kappa shape index (κ2) is 7.12. The molecule has 1 N–H and O–H groups in total. The third-order valence-corrected chi connectivity index (χ3v) is 4.91. The molecule has 118 valence electrons. The smallest absolute Gasteiger partial charge is 0.312 e. The van der Waals surface area contributed by atoms with Gasteiger partial charge >= 0.3 is 6.18 Å². The summed E-state index contributed by atoms with van der Waals surface area (Å²) in [4.78, 5) is 2.50. The standard InChI is InChI=1S/C15H27F3N2/c1-12(20-9-3-2-4-10-20)11-19-14-7-5-13(6-8-14)15(16,17)18/h12-14,19H,2-11H2,1H3. The van der Waals surface area contributed by atoms with Gasteiger partial charge in [-0.15, -0.1) is 0 Å². The van der Waals surface area contributed by atoms with Gasteiger partial charge < -0.3 is 5.32 Å². The zero-order valence-corrected chi connectivity index (χ0v) is 12.4. The second-order valence-electron chi connectivity index (χ2n) is 6.44. The van der Waals surface area contributed by atoms with Crippen LogP contribution in [0.4, 0.5) is 13.2 Å². The van der Waals surface area contributed by atoms with Gasteiger partial charge in [0.2, 0.25) is 0 Å². The van der Waals surface area contributed by atoms with E-state index >= 15 is 0 Å². The molecule has 2 nitrogen and oxygen atoms in total. The Morgan fingerprint density at radius 3 is 2.20 bits per heavy atom. The Bertz CT molecular complexity index is 279. The lowest BCUT2D eigenvalue weighted by atomic mass is 9.85. The maximum atomic E-state index is 12.6. The first-order valence-electron chi connectivity index (χ1n) is 8.01. The Balaban J connectivity index is 1.65. The summed E-state index contributed by atoms with van der Waals surface area (Å²) < 4.78 is 37.8. The monoisotopic (exact) mass is 292 g/mol. The van der Waals surface area contributed by atoms with Gasteiger partial charge in [0, 0.05) is 18.6 Å². The highest BCUT2D eigenvalue weighted by molar-refractivity contribution is 4.82. The van der Waals surface area contributed by atoms with E-state index in [0.29, 0.717) is 31.7 Å². The van der Waals surface area contributed by atoms with Gasteiger partial charge in [-0.05, 0) is 58.5 Å². The van der Waals surface area contributed by atoms with Crippen LogP contribution in [0.1, 0.15) is 51.9 Å². The molecular formula is C15H27F3N2. The summed E-state index contributed by atoms with van der Waals surface area (Å²) in [5, 5.41) is 3.48. The molecule has 1 atom stereocenters. The molecule has 2 aliphatic rings. The molecule has 0 aromatic rings. The van der Waals surface area contributed by atoms with E-state index in [-0.39, 0.29) is 6.04 Å². The van der Waals surface area contributed by atoms with Crippen LogP contribution < -0.4 is 5.32 Å². The van der Waals surface area contributed by atoms with E-state index in [9.17, 15) is 13.2 Å². The van der Waals surface area contributed by atoms with Gasteiger partial charge in [0.05, 0.1) is 5.92 Å². The summed E-state index contributed by atoms with van der Waals surface area (Å²) in [5.74, 6) is -1.07. The zero-order valence-electron chi connectivity index (χ0n) is 12.4. The highest BCUT2D eigenvalue weighted by Crippen LogP contribution is 2.37. The van der Waals surface area contributed by atoms with Crippen LogP contribution >= 0.6 is 0 Å². The molecule has 1 saturated carbocycles. The maximum Gasteiger partial charge on any atom is 0.391 e. The van der Waals surface area contributed by atoms with Crippen LogP contribution in [0.25, 0.3) is 0 Å². The van der Waals surface area contributed by atoms with Gasteiger partial charge in [-0.25, -0.2) is 0 Å². The van der Waals surface area contributed by atoms with E-state index in [1.165, 1.54) is 32.4 Å². The molecule has 1 unspecified atom stereocenters. The first-order chi connectivity index (χ1) is 9.47. The van der Waals surface area contributed by atoms with Gasteiger partial charge in [-0.1, -0.05) is 6.42 Å². The van der Waals surface area contributed by atoms with Crippen molar-refractivity contribution in [1.82, 2.24) is 10.2 Å². The summed E-state index contributed by atoms with van der Waals surface area (Å²) >= 11 is 0. The van der Waals surface area contributed by atoms with Crippen LogP contribution in [0.2, 0.25) is 0 Å². The van der Waals surface area contributed by atoms with E-state index in [4.69, 9.17) is 0 Å². The van der Waals surface area contributed by atoms with Crippen molar-refractivity contribution in [2.24, 2.45) is 5.92 Å². The molecule has 5 heteroatoms. The number of hydrogen-bond donors (Lipinski definition) is 1. The molecule has 1 saturated heterocycles. The number of rotatable bonds is 4. The Morgan fingerprint density at radius 1 is 1.05 bits per heavy atom. The van der Waals surface area contributed by atoms with Crippen LogP contribution in [-0.4, -0.2) is 42.8 Å². The highest BCUT2D eigenvalue weighted by atomic mass is 19.4. The fourth-order valence-corrected chi connectivity index (χ4v) is 3.45. The van der Waals surface area contributed by atoms with Gasteiger partial charge in [-0.2, -0.15) is 13.2 Å². The van der Waals surface area contributed by atoms with Gasteiger partial charge in [0.15, 0.2) is 0 Å². The summed E-state index contributed by atoms with van der Waals surface area (Å²) in [6.45, 7) is 5.47. The molecule has 1 heterocycles. The molecule has 0 aromatic heterocycles. The van der Waals surface area contributed by atoms with Gasteiger partial charge in [-0.3, -0.25) is 4.90 Å². The number of piperidine rings is 1. The largest absolute Gasteiger partial charge is 0.391 e. The van der Waals surface area contributed by atoms with Crippen LogP contribution in [0.3, 0.4) is 0 Å². The van der Waals surface area contributed by atoms with Crippen LogP contribution in [0.15, 0.2) is 0 Å². The van der Waals surface area contributed by atoms with Crippen LogP contribution in [-0.2, 0) is 0 Å². The van der Waals surface area contributed by atoms with Crippen molar-refractivity contribution in [1.29, 1.82) is 0 Å². The van der Waals surface area contributed by atoms with Crippen LogP contribution in [0, 0.1) is 5.92 Å². The molecule has 0 amide bonds. The lowest BCUT2D eigenvalue weighted by molar-refractivity contribution is -0.182. The molecule has 0 radical (unpaired) electrons. The highest BCUT2D eigenvalue weighted by Gasteiger charge is 2.41. The Kier molecular flexibility index (Phi) is 5.73. The molecule has 1 aliphatic carbocycles. The third kappa shape index (κ3) is 4.62. The first kappa shape index (κ1) is 16.1. The topological polar surface area (TPSA) is 15.3 Å². The van der Waals surface area contributed by atoms with Crippen molar-refractivity contribution in [3.63, 3.8) is 0 Å². The maximum absolute atomic E-state index is 12.6. The number of halogens is 3. The van der Waals surface area contributed by atoms with E-state index in [0.717, 1.165) is 6.54 Å². The summed E-state index contributed by atoms with van der Waals surface area (Å²) in [6, 6.07) is 0.775. The fraction of sp³-hybridized carbons (Fsp3) is 1.00. The van der Waals surface area contributed by atoms with Crippen molar-refractivity contribution >= 4 is 0 Å². The number of hydrogen-bond acceptors (Lipinski definition) is 2. The minimum absolute atomic E-state index is 0.279. The molecule has 20 heavy (non-hydrogen) atoms. The lowest BCUT2D eigenvalue weighted by Gasteiger charge is -2.35. The Hall–Kier alpha value is -0.290. The minimum Gasteiger partial charge on any atom is -0.312 e. The molecule has 2 fully saturated rings. The van der Waals surface area contributed by atoms with Gasteiger partial charge in [0.1, 0.15) is 0 Å². The SMILES string of the molecule is CC(CNC1CCC(C(F)(F)F)CC1)N1CCCCC1. The quantitative estimate of drug-likeness (QED) is 0.852. The zero-order chi connectivity index (χ0) is 14.6. The van der Waals surface area contributed by atoms with E-state index in [1.54, 1.807) is 0 Å². The Morgan fingerprint density at radius 2 is 1.65 bits per heavy atom. The molecule has 1 aliphatic heterocycles. The van der Waals surface area contributed by atoms with Gasteiger partial charge in [0.25, 0.3) is 0 Å². The third-order valence-electron chi connectivity index (χ3n) is 4.91. The van der Waals surface area contributed by atoms with Crippen molar-refractivity contribution in [3.8, 4) is 0 Å². The predicted octanol–water partition coefficient (Wildman–Crippen LogP) is 3.57. The number of nitrogens with one attached hydrogen (secondary N) is 1. The Labute approximate surface area is 120 Å². The molecule has 0 aromatic carbocycles. The lowest BCUT2D eigenvalue weighted by Crippen LogP contribution is -2.46. The van der Waals surface area contributed by atoms with Crippen LogP contribution in [0.5, 0.6) is 0 Å². The summed E-state index contributed by atoms with van der Waals surface area (Å²) in [5.41, 5.74) is 0. The van der Waals surface area contributed by atoms with Crippen molar-refractivity contribution in [2.75, 3.05) is 19.6 Å². The predicted molar refractivity (Wildman–Crippen MR) is 74.7 cm³/mol. The number of nitrogens with zero attached hydrogens (tertiary/aromatic N) is 1. The van der Waals surface area contributed by atoms with Crippen molar-refractivity contribution < 1.29 is 13.2 Å². The number of alkyl halides is 3. The minimum atomic E-state index is -3.99. The van der Waals surface area contributed by atoms with Crippen molar-refractivity contribution in [3.05, 3.63) is 0 Å². The number of likely N-dealkylation sites (tertiary alicyclic amines) is 1. The molecule has 0 spiro atoms. The average molecular weight is 292 g/mol. The average Bonchev–Trinajstić information content (AvgIpc) is 2.45. The molecule has 0 bridgehead atoms. The molecular weight excluding hydrogens is 265 g/mol. The second-order valence-corrected chi connectivity index (χ2v) is 6.44. The van der Waals surface area contributed by atoms with E-state index in [1.807, 2.05) is 0 Å². The summed E-state index contributed by atoms with van der Waals surface area (Å²) in [7, 11) is 0. The van der Waals surface area contributed by atoms with Crippen molar-refractivity contribution in [2.45, 2.75) is 70.1 Å². The van der Waals surface area contributed by atoms with E-state index < -0.39 is 12.1 Å². The fourth-order valence-electron chi connectivity index (χ4n) is 3.45.